The first-order chi connectivity index (χ1) is 7.76. The summed E-state index contributed by atoms with van der Waals surface area (Å²) < 4.78 is 6.57. The van der Waals surface area contributed by atoms with Gasteiger partial charge >= 0.3 is 5.97 Å². The molecule has 0 bridgehead atoms. The van der Waals surface area contributed by atoms with Gasteiger partial charge in [-0.1, -0.05) is 6.07 Å². The molecule has 0 fully saturated rings. The number of nitrogens with two attached hydrogens (primary N) is 1. The highest BCUT2D eigenvalue weighted by Crippen LogP contribution is 2.13. The Balaban J connectivity index is 2.45. The van der Waals surface area contributed by atoms with Crippen LogP contribution in [0.25, 0.3) is 5.52 Å². The van der Waals surface area contributed by atoms with Crippen LogP contribution in [-0.4, -0.2) is 22.2 Å². The number of ether oxygens (including phenoxy) is 1. The minimum absolute atomic E-state index is 0.349. The Kier molecular flexibility index (Phi) is 2.87. The lowest BCUT2D eigenvalue weighted by Gasteiger charge is -2.01. The number of hydrogen-bond acceptors (Lipinski definition) is 4. The van der Waals surface area contributed by atoms with E-state index in [1.165, 1.54) is 6.20 Å². The lowest BCUT2D eigenvalue weighted by molar-refractivity contribution is 0.0528. The fourth-order valence-electron chi connectivity index (χ4n) is 1.51. The molecule has 2 aromatic heterocycles. The first-order valence-electron chi connectivity index (χ1n) is 5.09. The van der Waals surface area contributed by atoms with Crippen LogP contribution in [0.4, 0.5) is 0 Å². The molecule has 5 heteroatoms. The SMILES string of the molecule is CCOC(=O)c1cnn2cc(CN)ccc12. The van der Waals surface area contributed by atoms with E-state index in [9.17, 15) is 4.79 Å². The molecule has 0 aliphatic heterocycles. The monoisotopic (exact) mass is 219 g/mol. The van der Waals surface area contributed by atoms with Gasteiger partial charge in [-0.2, -0.15) is 5.10 Å². The molecule has 2 heterocycles. The van der Waals surface area contributed by atoms with E-state index in [4.69, 9.17) is 10.5 Å². The maximum absolute atomic E-state index is 11.6. The molecule has 0 spiro atoms. The predicted octanol–water partition coefficient (Wildman–Crippen LogP) is 0.970. The molecule has 0 saturated carbocycles. The molecule has 84 valence electrons. The minimum Gasteiger partial charge on any atom is -0.462 e. The molecular weight excluding hydrogens is 206 g/mol. The van der Waals surface area contributed by atoms with Crippen LogP contribution >= 0.6 is 0 Å². The van der Waals surface area contributed by atoms with Gasteiger partial charge in [-0.15, -0.1) is 0 Å². The fourth-order valence-corrected chi connectivity index (χ4v) is 1.51. The largest absolute Gasteiger partial charge is 0.462 e. The van der Waals surface area contributed by atoms with Crippen molar-refractivity contribution in [2.75, 3.05) is 6.61 Å². The summed E-state index contributed by atoms with van der Waals surface area (Å²) in [7, 11) is 0. The topological polar surface area (TPSA) is 69.6 Å². The highest BCUT2D eigenvalue weighted by Gasteiger charge is 2.13. The van der Waals surface area contributed by atoms with Crippen LogP contribution in [0.3, 0.4) is 0 Å². The number of carbonyl (C=O) groups is 1. The third-order valence-corrected chi connectivity index (χ3v) is 2.31. The van der Waals surface area contributed by atoms with Crippen molar-refractivity contribution < 1.29 is 9.53 Å². The Morgan fingerprint density at radius 3 is 3.06 bits per heavy atom. The normalized spacial score (nSPS) is 10.6. The number of aromatic nitrogens is 2. The Labute approximate surface area is 92.8 Å². The van der Waals surface area contributed by atoms with Gasteiger partial charge in [0.2, 0.25) is 0 Å². The van der Waals surface area contributed by atoms with Crippen LogP contribution in [0.1, 0.15) is 22.8 Å². The van der Waals surface area contributed by atoms with Crippen LogP contribution in [0.2, 0.25) is 0 Å². The Bertz CT molecular complexity index is 519. The molecule has 0 radical (unpaired) electrons. The van der Waals surface area contributed by atoms with Crippen LogP contribution in [0, 0.1) is 0 Å². The van der Waals surface area contributed by atoms with E-state index < -0.39 is 0 Å². The minimum atomic E-state index is -0.349. The molecular formula is C11H13N3O2. The molecule has 0 unspecified atom stereocenters. The van der Waals surface area contributed by atoms with Gasteiger partial charge in [-0.3, -0.25) is 0 Å². The number of rotatable bonds is 3. The van der Waals surface area contributed by atoms with Crippen LogP contribution in [0.15, 0.2) is 24.5 Å². The van der Waals surface area contributed by atoms with E-state index in [0.717, 1.165) is 11.1 Å². The average Bonchev–Trinajstić information content (AvgIpc) is 2.71. The summed E-state index contributed by atoms with van der Waals surface area (Å²) in [6.07, 6.45) is 3.31. The molecule has 2 aromatic rings. The van der Waals surface area contributed by atoms with E-state index in [2.05, 4.69) is 5.10 Å². The van der Waals surface area contributed by atoms with Crippen molar-refractivity contribution in [3.63, 3.8) is 0 Å². The first kappa shape index (κ1) is 10.6. The zero-order chi connectivity index (χ0) is 11.5. The van der Waals surface area contributed by atoms with Gasteiger partial charge in [0.25, 0.3) is 0 Å². The van der Waals surface area contributed by atoms with Crippen LogP contribution in [-0.2, 0) is 11.3 Å². The van der Waals surface area contributed by atoms with Gasteiger partial charge in [0.05, 0.1) is 18.3 Å². The zero-order valence-electron chi connectivity index (χ0n) is 9.01. The maximum atomic E-state index is 11.6. The summed E-state index contributed by atoms with van der Waals surface area (Å²) in [5.74, 6) is -0.349. The fraction of sp³-hybridized carbons (Fsp3) is 0.273. The summed E-state index contributed by atoms with van der Waals surface area (Å²) in [5.41, 5.74) is 7.70. The van der Waals surface area contributed by atoms with Crippen molar-refractivity contribution >= 4 is 11.5 Å². The molecule has 2 rings (SSSR count). The van der Waals surface area contributed by atoms with Crippen molar-refractivity contribution in [1.82, 2.24) is 9.61 Å². The Hall–Kier alpha value is -1.88. The summed E-state index contributed by atoms with van der Waals surface area (Å²) in [5, 5.41) is 4.09. The second-order valence-electron chi connectivity index (χ2n) is 3.35. The van der Waals surface area contributed by atoms with Crippen molar-refractivity contribution in [2.24, 2.45) is 5.73 Å². The Morgan fingerprint density at radius 1 is 1.56 bits per heavy atom. The standard InChI is InChI=1S/C11H13N3O2/c1-2-16-11(15)9-6-13-14-7-8(5-12)3-4-10(9)14/h3-4,6-7H,2,5,12H2,1H3. The first-order valence-corrected chi connectivity index (χ1v) is 5.09. The summed E-state index contributed by atoms with van der Waals surface area (Å²) in [6, 6.07) is 3.70. The number of pyridine rings is 1. The van der Waals surface area contributed by atoms with Gasteiger partial charge in [-0.25, -0.2) is 9.31 Å². The van der Waals surface area contributed by atoms with Gasteiger partial charge < -0.3 is 10.5 Å². The molecule has 0 saturated heterocycles. The lowest BCUT2D eigenvalue weighted by atomic mass is 10.2. The molecule has 0 aliphatic rings. The number of hydrogen-bond donors (Lipinski definition) is 1. The third-order valence-electron chi connectivity index (χ3n) is 2.31. The highest BCUT2D eigenvalue weighted by molar-refractivity contribution is 5.96. The molecule has 0 amide bonds. The van der Waals surface area contributed by atoms with Crippen molar-refractivity contribution in [1.29, 1.82) is 0 Å². The second-order valence-corrected chi connectivity index (χ2v) is 3.35. The molecule has 0 aromatic carbocycles. The quantitative estimate of drug-likeness (QED) is 0.781. The van der Waals surface area contributed by atoms with E-state index in [1.807, 2.05) is 12.1 Å². The molecule has 5 nitrogen and oxygen atoms in total. The number of fused-ring (bicyclic) bond motifs is 1. The number of nitrogens with zero attached hydrogens (tertiary/aromatic N) is 2. The van der Waals surface area contributed by atoms with Gasteiger partial charge in [-0.05, 0) is 18.6 Å². The summed E-state index contributed by atoms with van der Waals surface area (Å²) >= 11 is 0. The van der Waals surface area contributed by atoms with Crippen molar-refractivity contribution in [2.45, 2.75) is 13.5 Å². The molecule has 2 N–H and O–H groups in total. The summed E-state index contributed by atoms with van der Waals surface area (Å²) in [4.78, 5) is 11.6. The van der Waals surface area contributed by atoms with Gasteiger partial charge in [0.15, 0.2) is 0 Å². The zero-order valence-corrected chi connectivity index (χ0v) is 9.01. The van der Waals surface area contributed by atoms with E-state index in [1.54, 1.807) is 17.6 Å². The smallest absolute Gasteiger partial charge is 0.341 e. The third kappa shape index (κ3) is 1.77. The van der Waals surface area contributed by atoms with E-state index in [-0.39, 0.29) is 5.97 Å². The lowest BCUT2D eigenvalue weighted by Crippen LogP contribution is -2.04. The van der Waals surface area contributed by atoms with Crippen molar-refractivity contribution in [3.8, 4) is 0 Å². The van der Waals surface area contributed by atoms with Gasteiger partial charge in [0, 0.05) is 12.7 Å². The number of carbonyl (C=O) groups excluding carboxylic acids is 1. The highest BCUT2D eigenvalue weighted by atomic mass is 16.5. The van der Waals surface area contributed by atoms with Crippen molar-refractivity contribution in [3.05, 3.63) is 35.7 Å². The average molecular weight is 219 g/mol. The second kappa shape index (κ2) is 4.32. The maximum Gasteiger partial charge on any atom is 0.341 e. The molecule has 16 heavy (non-hydrogen) atoms. The number of esters is 1. The van der Waals surface area contributed by atoms with E-state index >= 15 is 0 Å². The Morgan fingerprint density at radius 2 is 2.38 bits per heavy atom. The molecule has 0 aliphatic carbocycles. The van der Waals surface area contributed by atoms with E-state index in [0.29, 0.717) is 18.7 Å². The van der Waals surface area contributed by atoms with Crippen LogP contribution < -0.4 is 5.73 Å². The van der Waals surface area contributed by atoms with Crippen LogP contribution in [0.5, 0.6) is 0 Å². The molecule has 0 atom stereocenters. The van der Waals surface area contributed by atoms with Gasteiger partial charge in [0.1, 0.15) is 5.56 Å². The predicted molar refractivity (Wildman–Crippen MR) is 59.0 cm³/mol. The summed E-state index contributed by atoms with van der Waals surface area (Å²) in [6.45, 7) is 2.58.